The first-order valence-electron chi connectivity index (χ1n) is 10.8. The van der Waals surface area contributed by atoms with Gasteiger partial charge in [-0.3, -0.25) is 19.3 Å². The number of imide groups is 1. The number of nitrogens with zero attached hydrogens (tertiary/aromatic N) is 1. The van der Waals surface area contributed by atoms with Crippen molar-refractivity contribution in [3.8, 4) is 11.5 Å². The number of likely N-dealkylation sites (tertiary alicyclic amines) is 1. The Hall–Kier alpha value is -2.57. The molecule has 2 fully saturated rings. The van der Waals surface area contributed by atoms with Crippen LogP contribution in [0.2, 0.25) is 0 Å². The van der Waals surface area contributed by atoms with Crippen molar-refractivity contribution in [1.82, 2.24) is 10.2 Å². The fraction of sp³-hybridized carbons (Fsp3) is 0.609. The number of ether oxygens (including phenoxy) is 2. The lowest BCUT2D eigenvalue weighted by molar-refractivity contribution is -0.143. The third-order valence-electron chi connectivity index (χ3n) is 5.87. The van der Waals surface area contributed by atoms with E-state index in [4.69, 9.17) is 9.47 Å². The number of carbonyl (C=O) groups is 3. The molecule has 0 spiro atoms. The van der Waals surface area contributed by atoms with E-state index in [-0.39, 0.29) is 42.1 Å². The SMILES string of the molecule is COc1cc([C@@H](C)NC(=O)CN2C(=O)[C@H]3CCCC[C@@H]3C2=O)ccc1OCC(C)C. The van der Waals surface area contributed by atoms with Gasteiger partial charge in [0.05, 0.1) is 31.6 Å². The molecule has 3 amide bonds. The normalized spacial score (nSPS) is 22.1. The Kier molecular flexibility index (Phi) is 7.00. The van der Waals surface area contributed by atoms with Crippen LogP contribution in [0.25, 0.3) is 0 Å². The molecule has 7 nitrogen and oxygen atoms in total. The van der Waals surface area contributed by atoms with Gasteiger partial charge in [0.15, 0.2) is 11.5 Å². The number of hydrogen-bond donors (Lipinski definition) is 1. The van der Waals surface area contributed by atoms with Crippen molar-refractivity contribution in [1.29, 1.82) is 0 Å². The van der Waals surface area contributed by atoms with Crippen LogP contribution in [0, 0.1) is 17.8 Å². The molecule has 1 heterocycles. The van der Waals surface area contributed by atoms with E-state index in [1.807, 2.05) is 25.1 Å². The summed E-state index contributed by atoms with van der Waals surface area (Å²) in [4.78, 5) is 38.8. The number of rotatable bonds is 8. The van der Waals surface area contributed by atoms with Crippen molar-refractivity contribution in [3.05, 3.63) is 23.8 Å². The van der Waals surface area contributed by atoms with Gasteiger partial charge < -0.3 is 14.8 Å². The van der Waals surface area contributed by atoms with Crippen LogP contribution >= 0.6 is 0 Å². The van der Waals surface area contributed by atoms with Crippen LogP contribution in [-0.2, 0) is 14.4 Å². The van der Waals surface area contributed by atoms with Crippen molar-refractivity contribution in [2.75, 3.05) is 20.3 Å². The van der Waals surface area contributed by atoms with Crippen LogP contribution in [0.3, 0.4) is 0 Å². The van der Waals surface area contributed by atoms with Crippen LogP contribution in [-0.4, -0.2) is 42.9 Å². The Morgan fingerprint density at radius 2 is 1.73 bits per heavy atom. The van der Waals surface area contributed by atoms with Crippen molar-refractivity contribution in [2.24, 2.45) is 17.8 Å². The molecule has 1 N–H and O–H groups in total. The summed E-state index contributed by atoms with van der Waals surface area (Å²) in [6.07, 6.45) is 3.43. The van der Waals surface area contributed by atoms with Gasteiger partial charge in [0.2, 0.25) is 17.7 Å². The summed E-state index contributed by atoms with van der Waals surface area (Å²) in [6.45, 7) is 6.37. The fourth-order valence-electron chi connectivity index (χ4n) is 4.23. The molecule has 1 aromatic rings. The summed E-state index contributed by atoms with van der Waals surface area (Å²) in [6, 6.07) is 5.24. The lowest BCUT2D eigenvalue weighted by Gasteiger charge is -2.19. The molecule has 1 aliphatic carbocycles. The minimum Gasteiger partial charge on any atom is -0.493 e. The van der Waals surface area contributed by atoms with Crippen LogP contribution in [0.5, 0.6) is 11.5 Å². The predicted octanol–water partition coefficient (Wildman–Crippen LogP) is 3.08. The van der Waals surface area contributed by atoms with E-state index in [9.17, 15) is 14.4 Å². The van der Waals surface area contributed by atoms with E-state index in [2.05, 4.69) is 19.2 Å². The quantitative estimate of drug-likeness (QED) is 0.659. The zero-order valence-electron chi connectivity index (χ0n) is 18.3. The van der Waals surface area contributed by atoms with Gasteiger partial charge in [-0.1, -0.05) is 32.8 Å². The number of carbonyl (C=O) groups excluding carboxylic acids is 3. The molecule has 1 saturated heterocycles. The Balaban J connectivity index is 1.61. The maximum absolute atomic E-state index is 12.6. The zero-order valence-corrected chi connectivity index (χ0v) is 18.3. The zero-order chi connectivity index (χ0) is 21.8. The highest BCUT2D eigenvalue weighted by atomic mass is 16.5. The Bertz CT molecular complexity index is 783. The van der Waals surface area contributed by atoms with Gasteiger partial charge in [0, 0.05) is 0 Å². The third-order valence-corrected chi connectivity index (χ3v) is 5.87. The molecule has 0 unspecified atom stereocenters. The second-order valence-electron chi connectivity index (χ2n) is 8.66. The summed E-state index contributed by atoms with van der Waals surface area (Å²) >= 11 is 0. The molecule has 0 radical (unpaired) electrons. The largest absolute Gasteiger partial charge is 0.493 e. The first kappa shape index (κ1) is 22.1. The topological polar surface area (TPSA) is 84.9 Å². The van der Waals surface area contributed by atoms with Crippen molar-refractivity contribution in [3.63, 3.8) is 0 Å². The summed E-state index contributed by atoms with van der Waals surface area (Å²) in [5, 5.41) is 2.89. The van der Waals surface area contributed by atoms with Gasteiger partial charge in [-0.25, -0.2) is 0 Å². The lowest BCUT2D eigenvalue weighted by Crippen LogP contribution is -2.41. The molecule has 1 aliphatic heterocycles. The lowest BCUT2D eigenvalue weighted by atomic mass is 9.81. The van der Waals surface area contributed by atoms with E-state index in [1.54, 1.807) is 7.11 Å². The van der Waals surface area contributed by atoms with Crippen molar-refractivity contribution < 1.29 is 23.9 Å². The van der Waals surface area contributed by atoms with E-state index in [0.29, 0.717) is 24.0 Å². The van der Waals surface area contributed by atoms with E-state index in [0.717, 1.165) is 36.1 Å². The maximum Gasteiger partial charge on any atom is 0.240 e. The first-order valence-corrected chi connectivity index (χ1v) is 10.8. The van der Waals surface area contributed by atoms with Gasteiger partial charge in [-0.2, -0.15) is 0 Å². The summed E-state index contributed by atoms with van der Waals surface area (Å²) in [7, 11) is 1.58. The summed E-state index contributed by atoms with van der Waals surface area (Å²) < 4.78 is 11.2. The standard InChI is InChI=1S/C23H32N2O5/c1-14(2)13-30-19-10-9-16(11-20(19)29-4)15(3)24-21(26)12-25-22(27)17-7-5-6-8-18(17)23(25)28/h9-11,14-15,17-18H,5-8,12-13H2,1-4H3,(H,24,26)/t15-,17+,18+/m1/s1. The van der Waals surface area contributed by atoms with Crippen molar-refractivity contribution >= 4 is 17.7 Å². The molecule has 0 bridgehead atoms. The molecular weight excluding hydrogens is 384 g/mol. The smallest absolute Gasteiger partial charge is 0.240 e. The van der Waals surface area contributed by atoms with Gasteiger partial charge in [-0.15, -0.1) is 0 Å². The van der Waals surface area contributed by atoms with Crippen molar-refractivity contribution in [2.45, 2.75) is 52.5 Å². The Labute approximate surface area is 178 Å². The van der Waals surface area contributed by atoms with E-state index >= 15 is 0 Å². The second kappa shape index (κ2) is 9.49. The van der Waals surface area contributed by atoms with Gasteiger partial charge >= 0.3 is 0 Å². The van der Waals surface area contributed by atoms with Gasteiger partial charge in [-0.05, 0) is 43.4 Å². The molecule has 2 aliphatic rings. The number of fused-ring (bicyclic) bond motifs is 1. The molecule has 3 atom stereocenters. The van der Waals surface area contributed by atoms with Crippen LogP contribution in [0.15, 0.2) is 18.2 Å². The van der Waals surface area contributed by atoms with Crippen LogP contribution < -0.4 is 14.8 Å². The average Bonchev–Trinajstić information content (AvgIpc) is 2.97. The molecule has 0 aromatic heterocycles. The maximum atomic E-state index is 12.6. The number of hydrogen-bond acceptors (Lipinski definition) is 5. The third kappa shape index (κ3) is 4.77. The van der Waals surface area contributed by atoms with E-state index < -0.39 is 0 Å². The Morgan fingerprint density at radius 3 is 2.30 bits per heavy atom. The molecule has 7 heteroatoms. The second-order valence-corrected chi connectivity index (χ2v) is 8.66. The molecule has 1 saturated carbocycles. The first-order chi connectivity index (χ1) is 14.3. The molecule has 30 heavy (non-hydrogen) atoms. The highest BCUT2D eigenvalue weighted by Gasteiger charge is 2.48. The van der Waals surface area contributed by atoms with Gasteiger partial charge in [0.1, 0.15) is 6.54 Å². The predicted molar refractivity (Wildman–Crippen MR) is 112 cm³/mol. The number of methoxy groups -OCH3 is 1. The highest BCUT2D eigenvalue weighted by Crippen LogP contribution is 2.38. The van der Waals surface area contributed by atoms with Gasteiger partial charge in [0.25, 0.3) is 0 Å². The summed E-state index contributed by atoms with van der Waals surface area (Å²) in [5.74, 6) is 0.446. The number of amides is 3. The fourth-order valence-corrected chi connectivity index (χ4v) is 4.23. The van der Waals surface area contributed by atoms with Crippen LogP contribution in [0.1, 0.15) is 58.1 Å². The summed E-state index contributed by atoms with van der Waals surface area (Å²) in [5.41, 5.74) is 0.852. The highest BCUT2D eigenvalue weighted by molar-refractivity contribution is 6.07. The molecule has 3 rings (SSSR count). The average molecular weight is 417 g/mol. The Morgan fingerprint density at radius 1 is 1.10 bits per heavy atom. The minimum atomic E-state index is -0.345. The molecule has 1 aromatic carbocycles. The minimum absolute atomic E-state index is 0.194. The monoisotopic (exact) mass is 416 g/mol. The molecule has 164 valence electrons. The molecular formula is C23H32N2O5. The van der Waals surface area contributed by atoms with E-state index in [1.165, 1.54) is 0 Å². The van der Waals surface area contributed by atoms with Crippen LogP contribution in [0.4, 0.5) is 0 Å². The number of benzene rings is 1. The number of nitrogens with one attached hydrogen (secondary N) is 1.